The van der Waals surface area contributed by atoms with E-state index in [1.807, 2.05) is 13.8 Å². The second kappa shape index (κ2) is 8.13. The summed E-state index contributed by atoms with van der Waals surface area (Å²) >= 11 is 1.38. The fraction of sp³-hybridized carbons (Fsp3) is 0.429. The van der Waals surface area contributed by atoms with Crippen LogP contribution in [0.25, 0.3) is 10.7 Å². The Morgan fingerprint density at radius 2 is 1.87 bits per heavy atom. The molecule has 0 unspecified atom stereocenters. The molecular weight excluding hydrogens is 420 g/mol. The van der Waals surface area contributed by atoms with Gasteiger partial charge in [-0.3, -0.25) is 0 Å². The van der Waals surface area contributed by atoms with Crippen molar-refractivity contribution < 1.29 is 12.9 Å². The third-order valence-electron chi connectivity index (χ3n) is 5.64. The van der Waals surface area contributed by atoms with Gasteiger partial charge in [-0.05, 0) is 44.0 Å². The first-order valence-electron chi connectivity index (χ1n) is 10.1. The number of aryl methyl sites for hydroxylation is 3. The van der Waals surface area contributed by atoms with Gasteiger partial charge in [0.25, 0.3) is 0 Å². The van der Waals surface area contributed by atoms with Crippen LogP contribution >= 0.6 is 11.3 Å². The summed E-state index contributed by atoms with van der Waals surface area (Å²) < 4.78 is 33.4. The first-order chi connectivity index (χ1) is 14.3. The number of hydrogen-bond donors (Lipinski definition) is 0. The zero-order valence-corrected chi connectivity index (χ0v) is 19.3. The van der Waals surface area contributed by atoms with Crippen LogP contribution in [0.3, 0.4) is 0 Å². The number of nitrogens with zero attached hydrogens (tertiary/aromatic N) is 4. The second-order valence-corrected chi connectivity index (χ2v) is 10.7. The van der Waals surface area contributed by atoms with E-state index in [0.717, 1.165) is 4.88 Å². The van der Waals surface area contributed by atoms with Gasteiger partial charge in [-0.15, -0.1) is 11.3 Å². The van der Waals surface area contributed by atoms with Gasteiger partial charge in [0.2, 0.25) is 21.7 Å². The summed E-state index contributed by atoms with van der Waals surface area (Å²) in [5.74, 6) is 0.990. The van der Waals surface area contributed by atoms with Crippen LogP contribution in [-0.2, 0) is 16.4 Å². The minimum atomic E-state index is -3.57. The monoisotopic (exact) mass is 446 g/mol. The lowest BCUT2D eigenvalue weighted by Crippen LogP contribution is -2.48. The standard InChI is InChI=1S/C21H26N4O3S2/c1-5-20-22-21(23-28-20)18-13-19(16(4)29-18)30(26,27)25-11-9-24(10-12-25)17-8-6-7-14(2)15(17)3/h6-8,13H,5,9-12H2,1-4H3. The van der Waals surface area contributed by atoms with Crippen molar-refractivity contribution in [2.75, 3.05) is 31.1 Å². The number of piperazine rings is 1. The molecule has 30 heavy (non-hydrogen) atoms. The van der Waals surface area contributed by atoms with Gasteiger partial charge in [-0.1, -0.05) is 24.2 Å². The molecule has 0 bridgehead atoms. The van der Waals surface area contributed by atoms with Crippen molar-refractivity contribution in [1.82, 2.24) is 14.4 Å². The van der Waals surface area contributed by atoms with E-state index in [-0.39, 0.29) is 0 Å². The van der Waals surface area contributed by atoms with E-state index >= 15 is 0 Å². The maximum atomic E-state index is 13.3. The van der Waals surface area contributed by atoms with E-state index in [4.69, 9.17) is 4.52 Å². The molecule has 0 atom stereocenters. The molecule has 1 aliphatic rings. The summed E-state index contributed by atoms with van der Waals surface area (Å²) in [6.45, 7) is 10.2. The third kappa shape index (κ3) is 3.77. The Bertz CT molecular complexity index is 1160. The Hall–Kier alpha value is -2.23. The average Bonchev–Trinajstić information content (AvgIpc) is 3.37. The van der Waals surface area contributed by atoms with E-state index in [1.165, 1.54) is 28.2 Å². The SMILES string of the molecule is CCc1nc(-c2cc(S(=O)(=O)N3CCN(c4cccc(C)c4C)CC3)c(C)s2)no1. The van der Waals surface area contributed by atoms with Gasteiger partial charge in [0.05, 0.1) is 9.77 Å². The van der Waals surface area contributed by atoms with Crippen LogP contribution in [0, 0.1) is 20.8 Å². The zero-order chi connectivity index (χ0) is 21.5. The lowest BCUT2D eigenvalue weighted by atomic mass is 10.1. The van der Waals surface area contributed by atoms with Crippen molar-refractivity contribution in [2.45, 2.75) is 39.0 Å². The second-order valence-electron chi connectivity index (χ2n) is 7.51. The van der Waals surface area contributed by atoms with Crippen LogP contribution < -0.4 is 4.90 Å². The highest BCUT2D eigenvalue weighted by Crippen LogP contribution is 2.34. The highest BCUT2D eigenvalue weighted by molar-refractivity contribution is 7.89. The minimum absolute atomic E-state index is 0.338. The van der Waals surface area contributed by atoms with Gasteiger partial charge in [-0.2, -0.15) is 9.29 Å². The third-order valence-corrected chi connectivity index (χ3v) is 8.84. The lowest BCUT2D eigenvalue weighted by molar-refractivity contribution is 0.382. The molecular formula is C21H26N4O3S2. The van der Waals surface area contributed by atoms with Crippen LogP contribution in [-0.4, -0.2) is 49.0 Å². The molecule has 1 saturated heterocycles. The van der Waals surface area contributed by atoms with Gasteiger partial charge in [0.15, 0.2) is 0 Å². The molecule has 1 fully saturated rings. The van der Waals surface area contributed by atoms with Crippen LogP contribution in [0.4, 0.5) is 5.69 Å². The van der Waals surface area contributed by atoms with Crippen LogP contribution in [0.15, 0.2) is 33.7 Å². The summed E-state index contributed by atoms with van der Waals surface area (Å²) in [5, 5.41) is 3.97. The van der Waals surface area contributed by atoms with Crippen molar-refractivity contribution in [3.05, 3.63) is 46.2 Å². The van der Waals surface area contributed by atoms with Crippen LogP contribution in [0.1, 0.15) is 28.8 Å². The lowest BCUT2D eigenvalue weighted by Gasteiger charge is -2.36. The largest absolute Gasteiger partial charge is 0.369 e. The Balaban J connectivity index is 1.53. The van der Waals surface area contributed by atoms with Crippen LogP contribution in [0.5, 0.6) is 0 Å². The first kappa shape index (κ1) is 21.0. The molecule has 0 aliphatic carbocycles. The molecule has 1 aromatic carbocycles. The summed E-state index contributed by atoms with van der Waals surface area (Å²) in [7, 11) is -3.57. The molecule has 4 rings (SSSR count). The predicted octanol–water partition coefficient (Wildman–Crippen LogP) is 3.80. The Morgan fingerprint density at radius 3 is 2.53 bits per heavy atom. The van der Waals surface area contributed by atoms with Crippen LogP contribution in [0.2, 0.25) is 0 Å². The summed E-state index contributed by atoms with van der Waals surface area (Å²) in [5.41, 5.74) is 3.68. The van der Waals surface area contributed by atoms with E-state index in [0.29, 0.717) is 54.1 Å². The Labute approximate surface area is 181 Å². The molecule has 160 valence electrons. The van der Waals surface area contributed by atoms with Gasteiger partial charge in [0, 0.05) is 43.2 Å². The topological polar surface area (TPSA) is 79.5 Å². The van der Waals surface area contributed by atoms with Gasteiger partial charge in [0.1, 0.15) is 0 Å². The van der Waals surface area contributed by atoms with Crippen molar-refractivity contribution in [1.29, 1.82) is 0 Å². The molecule has 2 aromatic heterocycles. The highest BCUT2D eigenvalue weighted by Gasteiger charge is 2.32. The number of anilines is 1. The molecule has 1 aliphatic heterocycles. The number of thiophene rings is 1. The molecule has 3 aromatic rings. The molecule has 9 heteroatoms. The van der Waals surface area contributed by atoms with E-state index in [1.54, 1.807) is 10.4 Å². The van der Waals surface area contributed by atoms with E-state index < -0.39 is 10.0 Å². The molecule has 0 saturated carbocycles. The Kier molecular flexibility index (Phi) is 5.69. The summed E-state index contributed by atoms with van der Waals surface area (Å²) in [4.78, 5) is 8.38. The molecule has 0 radical (unpaired) electrons. The molecule has 0 amide bonds. The molecule has 7 nitrogen and oxygen atoms in total. The quantitative estimate of drug-likeness (QED) is 0.593. The fourth-order valence-electron chi connectivity index (χ4n) is 3.72. The highest BCUT2D eigenvalue weighted by atomic mass is 32.2. The fourth-order valence-corrected chi connectivity index (χ4v) is 6.62. The molecule has 0 N–H and O–H groups in total. The van der Waals surface area contributed by atoms with Crippen molar-refractivity contribution in [3.63, 3.8) is 0 Å². The summed E-state index contributed by atoms with van der Waals surface area (Å²) in [6, 6.07) is 7.94. The summed E-state index contributed by atoms with van der Waals surface area (Å²) in [6.07, 6.45) is 0.646. The minimum Gasteiger partial charge on any atom is -0.369 e. The number of hydrogen-bond acceptors (Lipinski definition) is 7. The van der Waals surface area contributed by atoms with Crippen molar-refractivity contribution >= 4 is 27.0 Å². The predicted molar refractivity (Wildman–Crippen MR) is 119 cm³/mol. The van der Waals surface area contributed by atoms with Gasteiger partial charge in [-0.25, -0.2) is 8.42 Å². The normalized spacial score (nSPS) is 15.7. The van der Waals surface area contributed by atoms with E-state index in [9.17, 15) is 8.42 Å². The maximum Gasteiger partial charge on any atom is 0.244 e. The Morgan fingerprint density at radius 1 is 1.13 bits per heavy atom. The maximum absolute atomic E-state index is 13.3. The van der Waals surface area contributed by atoms with Crippen molar-refractivity contribution in [3.8, 4) is 10.7 Å². The number of benzene rings is 1. The average molecular weight is 447 g/mol. The molecule has 3 heterocycles. The van der Waals surface area contributed by atoms with Gasteiger partial charge < -0.3 is 9.42 Å². The van der Waals surface area contributed by atoms with Crippen molar-refractivity contribution in [2.24, 2.45) is 0 Å². The van der Waals surface area contributed by atoms with Gasteiger partial charge >= 0.3 is 0 Å². The van der Waals surface area contributed by atoms with E-state index in [2.05, 4.69) is 47.1 Å². The zero-order valence-electron chi connectivity index (χ0n) is 17.7. The number of sulfonamides is 1. The molecule has 0 spiro atoms. The number of aromatic nitrogens is 2. The smallest absolute Gasteiger partial charge is 0.244 e. The number of rotatable bonds is 5. The first-order valence-corrected chi connectivity index (χ1v) is 12.3.